The number of nitrogens with zero attached hydrogens (tertiary/aromatic N) is 1. The van der Waals surface area contributed by atoms with Gasteiger partial charge in [0.25, 0.3) is 0 Å². The fourth-order valence-electron chi connectivity index (χ4n) is 2.64. The van der Waals surface area contributed by atoms with Gasteiger partial charge >= 0.3 is 0 Å². The predicted octanol–water partition coefficient (Wildman–Crippen LogP) is 3.28. The molecule has 21 heavy (non-hydrogen) atoms. The van der Waals surface area contributed by atoms with Crippen LogP contribution in [0.4, 0.5) is 0 Å². The Kier molecular flexibility index (Phi) is 6.76. The van der Waals surface area contributed by atoms with E-state index in [-0.39, 0.29) is 38.6 Å². The third-order valence-electron chi connectivity index (χ3n) is 3.68. The van der Waals surface area contributed by atoms with Gasteiger partial charge in [-0.1, -0.05) is 60.7 Å². The van der Waals surface area contributed by atoms with Gasteiger partial charge in [-0.3, -0.25) is 4.79 Å². The van der Waals surface area contributed by atoms with Crippen LogP contribution in [0, 0.1) is 6.92 Å². The predicted molar refractivity (Wildman–Crippen MR) is 82.3 cm³/mol. The molecule has 0 bridgehead atoms. The molecule has 0 aromatic heterocycles. The van der Waals surface area contributed by atoms with E-state index < -0.39 is 5.41 Å². The summed E-state index contributed by atoms with van der Waals surface area (Å²) in [6.45, 7) is 4.07. The Hall–Kier alpha value is -0.986. The molecule has 1 amide bonds. The van der Waals surface area contributed by atoms with Crippen molar-refractivity contribution in [3.05, 3.63) is 78.7 Å². The monoisotopic (exact) mass is 355 g/mol. The second kappa shape index (κ2) is 7.86. The summed E-state index contributed by atoms with van der Waals surface area (Å²) in [6, 6.07) is 19.8. The minimum atomic E-state index is -0.716. The van der Waals surface area contributed by atoms with Gasteiger partial charge in [-0.25, -0.2) is 0 Å². The Morgan fingerprint density at radius 3 is 1.62 bits per heavy atom. The minimum Gasteiger partial charge on any atom is -0.348 e. The smallest absolute Gasteiger partial charge is 0.234 e. The van der Waals surface area contributed by atoms with Gasteiger partial charge in [0.05, 0.1) is 5.41 Å². The third-order valence-corrected chi connectivity index (χ3v) is 3.68. The van der Waals surface area contributed by atoms with Crippen LogP contribution in [0.2, 0.25) is 0 Å². The molecule has 0 aliphatic rings. The van der Waals surface area contributed by atoms with Gasteiger partial charge in [0.2, 0.25) is 5.91 Å². The molecule has 1 radical (unpaired) electrons. The Morgan fingerprint density at radius 2 is 1.33 bits per heavy atom. The first kappa shape index (κ1) is 18.1. The zero-order chi connectivity index (χ0) is 14.6. The summed E-state index contributed by atoms with van der Waals surface area (Å²) >= 11 is 0. The van der Waals surface area contributed by atoms with E-state index >= 15 is 0 Å². The molecule has 0 fully saturated rings. The molecule has 0 aliphatic carbocycles. The minimum absolute atomic E-state index is 0. The molecule has 107 valence electrons. The molecule has 0 N–H and O–H groups in total. The number of rotatable bonds is 4. The molecule has 0 spiro atoms. The molecular weight excluding hydrogens is 335 g/mol. The van der Waals surface area contributed by atoms with Crippen LogP contribution in [0.3, 0.4) is 0 Å². The van der Waals surface area contributed by atoms with Gasteiger partial charge in [-0.2, -0.15) is 6.42 Å². The Balaban J connectivity index is 0.00000220. The van der Waals surface area contributed by atoms with Crippen molar-refractivity contribution in [3.63, 3.8) is 0 Å². The molecule has 2 nitrogen and oxygen atoms in total. The fourth-order valence-corrected chi connectivity index (χ4v) is 2.64. The number of benzene rings is 2. The van der Waals surface area contributed by atoms with Crippen LogP contribution < -0.4 is 0 Å². The SMILES string of the molecule is [CH2-]CC(C(=O)N(C)C)(c1ccccc1)c1ccccc1.[Y]. The van der Waals surface area contributed by atoms with Gasteiger partial charge in [0.15, 0.2) is 0 Å². The molecule has 2 aromatic carbocycles. The number of carbonyl (C=O) groups is 1. The molecule has 0 saturated carbocycles. The van der Waals surface area contributed by atoms with Gasteiger partial charge in [-0.05, 0) is 11.1 Å². The van der Waals surface area contributed by atoms with Crippen molar-refractivity contribution in [2.75, 3.05) is 14.1 Å². The van der Waals surface area contributed by atoms with Crippen molar-refractivity contribution < 1.29 is 37.5 Å². The summed E-state index contributed by atoms with van der Waals surface area (Å²) in [4.78, 5) is 14.5. The van der Waals surface area contributed by atoms with E-state index in [1.54, 1.807) is 19.0 Å². The maximum atomic E-state index is 12.9. The summed E-state index contributed by atoms with van der Waals surface area (Å²) in [6.07, 6.45) is 0.484. The van der Waals surface area contributed by atoms with E-state index in [0.717, 1.165) is 11.1 Å². The number of likely N-dealkylation sites (N-methyl/N-ethyl adjacent to an activating group) is 1. The summed E-state index contributed by atoms with van der Waals surface area (Å²) in [5.41, 5.74) is 1.26. The van der Waals surface area contributed by atoms with Crippen molar-refractivity contribution in [3.8, 4) is 0 Å². The third kappa shape index (κ3) is 3.44. The number of amides is 1. The van der Waals surface area contributed by atoms with E-state index in [0.29, 0.717) is 6.42 Å². The van der Waals surface area contributed by atoms with E-state index in [1.807, 2.05) is 60.7 Å². The quantitative estimate of drug-likeness (QED) is 0.771. The Morgan fingerprint density at radius 1 is 0.952 bits per heavy atom. The van der Waals surface area contributed by atoms with E-state index in [1.165, 1.54) is 0 Å². The maximum absolute atomic E-state index is 12.9. The Labute approximate surface area is 152 Å². The van der Waals surface area contributed by atoms with Crippen molar-refractivity contribution in [1.29, 1.82) is 0 Å². The van der Waals surface area contributed by atoms with Crippen LogP contribution in [-0.2, 0) is 42.9 Å². The van der Waals surface area contributed by atoms with Crippen molar-refractivity contribution in [1.82, 2.24) is 4.90 Å². The van der Waals surface area contributed by atoms with Gasteiger partial charge in [0, 0.05) is 46.8 Å². The van der Waals surface area contributed by atoms with Crippen LogP contribution in [0.5, 0.6) is 0 Å². The molecule has 0 saturated heterocycles. The van der Waals surface area contributed by atoms with Gasteiger partial charge in [0.1, 0.15) is 0 Å². The first-order chi connectivity index (χ1) is 9.63. The zero-order valence-electron chi connectivity index (χ0n) is 12.6. The number of hydrogen-bond acceptors (Lipinski definition) is 1. The zero-order valence-corrected chi connectivity index (χ0v) is 15.5. The van der Waals surface area contributed by atoms with Crippen LogP contribution in [0.1, 0.15) is 17.5 Å². The van der Waals surface area contributed by atoms with Crippen molar-refractivity contribution in [2.24, 2.45) is 0 Å². The summed E-state index contributed by atoms with van der Waals surface area (Å²) in [5.74, 6) is 0.0601. The number of carbonyl (C=O) groups excluding carboxylic acids is 1. The maximum Gasteiger partial charge on any atom is 0.234 e. The molecule has 0 aliphatic heterocycles. The standard InChI is InChI=1S/C18H20NO.Y/c1-4-18(17(20)19(2)3,15-11-7-5-8-12-15)16-13-9-6-10-14-16;/h5-14H,1,4H2,2-3H3;/q-1;. The molecule has 0 heterocycles. The van der Waals surface area contributed by atoms with Crippen molar-refractivity contribution in [2.45, 2.75) is 11.8 Å². The summed E-state index contributed by atoms with van der Waals surface area (Å²) < 4.78 is 0. The average molecular weight is 355 g/mol. The normalized spacial score (nSPS) is 10.6. The number of hydrogen-bond donors (Lipinski definition) is 0. The molecule has 2 aromatic rings. The van der Waals surface area contributed by atoms with Crippen molar-refractivity contribution >= 4 is 5.91 Å². The molecule has 2 rings (SSSR count). The average Bonchev–Trinajstić information content (AvgIpc) is 2.50. The van der Waals surface area contributed by atoms with Crippen LogP contribution in [0.25, 0.3) is 0 Å². The Bertz CT molecular complexity index is 527. The largest absolute Gasteiger partial charge is 0.348 e. The van der Waals surface area contributed by atoms with Gasteiger partial charge < -0.3 is 11.8 Å². The van der Waals surface area contributed by atoms with E-state index in [2.05, 4.69) is 6.92 Å². The van der Waals surface area contributed by atoms with Crippen LogP contribution in [-0.4, -0.2) is 24.9 Å². The molecule has 0 unspecified atom stereocenters. The topological polar surface area (TPSA) is 20.3 Å². The fraction of sp³-hybridized carbons (Fsp3) is 0.222. The first-order valence-corrected chi connectivity index (χ1v) is 6.75. The summed E-state index contributed by atoms with van der Waals surface area (Å²) in [5, 5.41) is 0. The van der Waals surface area contributed by atoms with E-state index in [4.69, 9.17) is 0 Å². The van der Waals surface area contributed by atoms with Crippen LogP contribution >= 0.6 is 0 Å². The molecular formula is C18H20NOY-. The van der Waals surface area contributed by atoms with Gasteiger partial charge in [-0.15, -0.1) is 0 Å². The van der Waals surface area contributed by atoms with E-state index in [9.17, 15) is 4.79 Å². The molecule has 3 heteroatoms. The first-order valence-electron chi connectivity index (χ1n) is 6.75. The second-order valence-corrected chi connectivity index (χ2v) is 5.09. The summed E-state index contributed by atoms with van der Waals surface area (Å²) in [7, 11) is 3.58. The van der Waals surface area contributed by atoms with Crippen LogP contribution in [0.15, 0.2) is 60.7 Å². The second-order valence-electron chi connectivity index (χ2n) is 5.09. The molecule has 0 atom stereocenters.